The van der Waals surface area contributed by atoms with Crippen molar-refractivity contribution in [1.82, 2.24) is 9.55 Å². The molecule has 6 nitrogen and oxygen atoms in total. The van der Waals surface area contributed by atoms with Crippen LogP contribution in [0.3, 0.4) is 0 Å². The molecule has 0 aliphatic rings. The number of hydrogen-bond donors (Lipinski definition) is 1. The van der Waals surface area contributed by atoms with Crippen LogP contribution in [-0.2, 0) is 11.3 Å². The van der Waals surface area contributed by atoms with E-state index >= 15 is 0 Å². The lowest BCUT2D eigenvalue weighted by Crippen LogP contribution is -2.21. The molecule has 1 aromatic carbocycles. The third-order valence-electron chi connectivity index (χ3n) is 2.71. The van der Waals surface area contributed by atoms with Gasteiger partial charge < -0.3 is 10.5 Å². The smallest absolute Gasteiger partial charge is 0.340 e. The minimum absolute atomic E-state index is 0.201. The highest BCUT2D eigenvalue weighted by Crippen LogP contribution is 2.18. The maximum Gasteiger partial charge on any atom is 0.340 e. The molecule has 0 saturated carbocycles. The first-order valence-electron chi connectivity index (χ1n) is 5.59. The van der Waals surface area contributed by atoms with Gasteiger partial charge in [-0.1, -0.05) is 12.1 Å². The Hall–Kier alpha value is -2.63. The van der Waals surface area contributed by atoms with Gasteiger partial charge in [0.25, 0.3) is 5.56 Å². The van der Waals surface area contributed by atoms with Crippen molar-refractivity contribution in [3.05, 3.63) is 58.3 Å². The van der Waals surface area contributed by atoms with E-state index in [0.717, 1.165) is 0 Å². The molecule has 0 fully saturated rings. The van der Waals surface area contributed by atoms with Crippen LogP contribution in [0.2, 0.25) is 0 Å². The summed E-state index contributed by atoms with van der Waals surface area (Å²) in [6.45, 7) is 0.210. The van der Waals surface area contributed by atoms with Crippen molar-refractivity contribution in [2.45, 2.75) is 6.54 Å². The van der Waals surface area contributed by atoms with Crippen molar-refractivity contribution in [3.8, 4) is 0 Å². The van der Waals surface area contributed by atoms with Crippen molar-refractivity contribution >= 4 is 11.7 Å². The fourth-order valence-electron chi connectivity index (χ4n) is 1.78. The van der Waals surface area contributed by atoms with Crippen molar-refractivity contribution in [1.29, 1.82) is 0 Å². The Morgan fingerprint density at radius 3 is 2.89 bits per heavy atom. The topological polar surface area (TPSA) is 87.2 Å². The van der Waals surface area contributed by atoms with E-state index in [0.29, 0.717) is 11.3 Å². The van der Waals surface area contributed by atoms with Crippen molar-refractivity contribution < 1.29 is 9.53 Å². The molecule has 0 aliphatic heterocycles. The molecule has 0 bridgehead atoms. The molecule has 0 radical (unpaired) electrons. The number of nitrogens with zero attached hydrogens (tertiary/aromatic N) is 2. The zero-order valence-electron chi connectivity index (χ0n) is 10.4. The number of ether oxygens (including phenoxy) is 1. The van der Waals surface area contributed by atoms with Crippen LogP contribution in [0.5, 0.6) is 0 Å². The van der Waals surface area contributed by atoms with E-state index in [1.165, 1.54) is 30.3 Å². The quantitative estimate of drug-likeness (QED) is 0.646. The first-order chi connectivity index (χ1) is 9.13. The summed E-state index contributed by atoms with van der Waals surface area (Å²) in [5.74, 6) is -0.523. The van der Waals surface area contributed by atoms with Gasteiger partial charge in [-0.05, 0) is 11.6 Å². The standard InChI is InChI=1S/C13H13N3O3/c1-19-13(18)12-9(3-2-4-10(12)14)7-16-8-15-6-5-11(16)17/h2-6,8H,7,14H2,1H3. The van der Waals surface area contributed by atoms with Gasteiger partial charge in [0.1, 0.15) is 0 Å². The number of nitrogens with two attached hydrogens (primary N) is 1. The van der Waals surface area contributed by atoms with Gasteiger partial charge in [0.05, 0.1) is 25.5 Å². The van der Waals surface area contributed by atoms with Gasteiger partial charge in [0.15, 0.2) is 0 Å². The number of hydrogen-bond acceptors (Lipinski definition) is 5. The van der Waals surface area contributed by atoms with Crippen molar-refractivity contribution in [3.63, 3.8) is 0 Å². The highest BCUT2D eigenvalue weighted by Gasteiger charge is 2.15. The number of esters is 1. The number of anilines is 1. The Morgan fingerprint density at radius 1 is 1.42 bits per heavy atom. The number of carbonyl (C=O) groups excluding carboxylic acids is 1. The maximum absolute atomic E-state index is 11.7. The second-order valence-electron chi connectivity index (χ2n) is 3.92. The van der Waals surface area contributed by atoms with Gasteiger partial charge in [0.2, 0.25) is 0 Å². The molecular weight excluding hydrogens is 246 g/mol. The fourth-order valence-corrected chi connectivity index (χ4v) is 1.78. The van der Waals surface area contributed by atoms with E-state index in [1.807, 2.05) is 0 Å². The monoisotopic (exact) mass is 259 g/mol. The number of aromatic nitrogens is 2. The molecular formula is C13H13N3O3. The molecule has 0 spiro atoms. The van der Waals surface area contributed by atoms with Crippen LogP contribution in [0.15, 0.2) is 41.6 Å². The van der Waals surface area contributed by atoms with Gasteiger partial charge >= 0.3 is 5.97 Å². The van der Waals surface area contributed by atoms with Gasteiger partial charge in [-0.25, -0.2) is 9.78 Å². The Bertz CT molecular complexity index is 664. The maximum atomic E-state index is 11.7. The SMILES string of the molecule is COC(=O)c1c(N)cccc1Cn1cnccc1=O. The minimum Gasteiger partial charge on any atom is -0.465 e. The van der Waals surface area contributed by atoms with Crippen molar-refractivity contribution in [2.24, 2.45) is 0 Å². The third kappa shape index (κ3) is 2.62. The first kappa shape index (κ1) is 12.8. The summed E-state index contributed by atoms with van der Waals surface area (Å²) in [5, 5.41) is 0. The second kappa shape index (κ2) is 5.34. The van der Waals surface area contributed by atoms with Crippen LogP contribution in [0.25, 0.3) is 0 Å². The lowest BCUT2D eigenvalue weighted by Gasteiger charge is -2.11. The van der Waals surface area contributed by atoms with Crippen LogP contribution in [0.4, 0.5) is 5.69 Å². The number of benzene rings is 1. The van der Waals surface area contributed by atoms with Crippen molar-refractivity contribution in [2.75, 3.05) is 12.8 Å². The largest absolute Gasteiger partial charge is 0.465 e. The van der Waals surface area contributed by atoms with Gasteiger partial charge in [0, 0.05) is 18.0 Å². The Morgan fingerprint density at radius 2 is 2.21 bits per heavy atom. The number of nitrogen functional groups attached to an aromatic ring is 1. The zero-order valence-corrected chi connectivity index (χ0v) is 10.4. The number of rotatable bonds is 3. The normalized spacial score (nSPS) is 10.2. The van der Waals surface area contributed by atoms with E-state index in [9.17, 15) is 9.59 Å². The molecule has 98 valence electrons. The van der Waals surface area contributed by atoms with E-state index in [-0.39, 0.29) is 17.7 Å². The molecule has 1 heterocycles. The van der Waals surface area contributed by atoms with E-state index in [1.54, 1.807) is 18.2 Å². The van der Waals surface area contributed by atoms with Crippen LogP contribution in [-0.4, -0.2) is 22.6 Å². The van der Waals surface area contributed by atoms with E-state index in [4.69, 9.17) is 10.5 Å². The predicted octanol–water partition coefficient (Wildman–Crippen LogP) is 0.660. The molecule has 0 saturated heterocycles. The second-order valence-corrected chi connectivity index (χ2v) is 3.92. The van der Waals surface area contributed by atoms with Gasteiger partial charge in [-0.2, -0.15) is 0 Å². The lowest BCUT2D eigenvalue weighted by atomic mass is 10.1. The molecule has 0 aliphatic carbocycles. The van der Waals surface area contributed by atoms with Crippen LogP contribution in [0.1, 0.15) is 15.9 Å². The summed E-state index contributed by atoms with van der Waals surface area (Å²) in [7, 11) is 1.29. The van der Waals surface area contributed by atoms with Gasteiger partial charge in [-0.3, -0.25) is 9.36 Å². The summed E-state index contributed by atoms with van der Waals surface area (Å²) in [5.41, 5.74) is 6.80. The molecule has 0 atom stereocenters. The first-order valence-corrected chi connectivity index (χ1v) is 5.59. The molecule has 6 heteroatoms. The predicted molar refractivity (Wildman–Crippen MR) is 69.8 cm³/mol. The minimum atomic E-state index is -0.523. The molecule has 19 heavy (non-hydrogen) atoms. The summed E-state index contributed by atoms with van der Waals surface area (Å²) < 4.78 is 6.09. The molecule has 2 N–H and O–H groups in total. The van der Waals surface area contributed by atoms with Crippen LogP contribution >= 0.6 is 0 Å². The zero-order chi connectivity index (χ0) is 13.8. The highest BCUT2D eigenvalue weighted by atomic mass is 16.5. The molecule has 2 aromatic rings. The average molecular weight is 259 g/mol. The summed E-state index contributed by atoms with van der Waals surface area (Å²) in [6, 6.07) is 6.41. The average Bonchev–Trinajstić information content (AvgIpc) is 2.41. The Balaban J connectivity index is 2.46. The van der Waals surface area contributed by atoms with E-state index < -0.39 is 5.97 Å². The molecule has 0 unspecified atom stereocenters. The fraction of sp³-hybridized carbons (Fsp3) is 0.154. The summed E-state index contributed by atoms with van der Waals surface area (Å²) in [4.78, 5) is 27.2. The number of carbonyl (C=O) groups is 1. The molecule has 1 aromatic heterocycles. The Labute approximate surface area is 109 Å². The van der Waals surface area contributed by atoms with Crippen LogP contribution < -0.4 is 11.3 Å². The van der Waals surface area contributed by atoms with Crippen LogP contribution in [0, 0.1) is 0 Å². The lowest BCUT2D eigenvalue weighted by molar-refractivity contribution is 0.0600. The number of methoxy groups -OCH3 is 1. The summed E-state index contributed by atoms with van der Waals surface area (Å²) >= 11 is 0. The molecule has 2 rings (SSSR count). The highest BCUT2D eigenvalue weighted by molar-refractivity contribution is 5.96. The molecule has 0 amide bonds. The Kier molecular flexibility index (Phi) is 3.61. The summed E-state index contributed by atoms with van der Waals surface area (Å²) in [6.07, 6.45) is 2.83. The third-order valence-corrected chi connectivity index (χ3v) is 2.71. The van der Waals surface area contributed by atoms with E-state index in [2.05, 4.69) is 4.98 Å². The van der Waals surface area contributed by atoms with Gasteiger partial charge in [-0.15, -0.1) is 0 Å².